The van der Waals surface area contributed by atoms with Gasteiger partial charge >= 0.3 is 0 Å². The molecule has 2 aromatic rings. The molecule has 6 nitrogen and oxygen atoms in total. The highest BCUT2D eigenvalue weighted by atomic mass is 79.9. The lowest BCUT2D eigenvalue weighted by atomic mass is 10.2. The third-order valence-electron chi connectivity index (χ3n) is 2.69. The number of hydrogen-bond acceptors (Lipinski definition) is 5. The molecule has 0 aliphatic rings. The van der Waals surface area contributed by atoms with Gasteiger partial charge in [0, 0.05) is 4.47 Å². The van der Waals surface area contributed by atoms with Crippen molar-refractivity contribution in [1.29, 1.82) is 5.26 Å². The van der Waals surface area contributed by atoms with Gasteiger partial charge in [-0.2, -0.15) is 5.26 Å². The van der Waals surface area contributed by atoms with E-state index in [1.54, 1.807) is 13.0 Å². The first-order chi connectivity index (χ1) is 9.83. The van der Waals surface area contributed by atoms with Crippen molar-refractivity contribution in [1.82, 2.24) is 4.98 Å². The van der Waals surface area contributed by atoms with Crippen LogP contribution in [-0.4, -0.2) is 13.4 Å². The van der Waals surface area contributed by atoms with Crippen LogP contribution in [0.2, 0.25) is 0 Å². The molecule has 108 valence electrons. The van der Waals surface area contributed by atoms with Crippen molar-refractivity contribution in [3.8, 4) is 6.07 Å². The Morgan fingerprint density at radius 1 is 1.33 bits per heavy atom. The number of anilines is 2. The largest absolute Gasteiger partial charge is 0.398 e. The lowest BCUT2D eigenvalue weighted by Crippen LogP contribution is -2.16. The Labute approximate surface area is 130 Å². The Morgan fingerprint density at radius 3 is 2.62 bits per heavy atom. The smallest absolute Gasteiger partial charge is 0.265 e. The predicted molar refractivity (Wildman–Crippen MR) is 83.1 cm³/mol. The van der Waals surface area contributed by atoms with Crippen LogP contribution in [0.1, 0.15) is 11.3 Å². The highest BCUT2D eigenvalue weighted by molar-refractivity contribution is 9.10. The molecule has 0 spiro atoms. The number of nitrogen functional groups attached to an aromatic ring is 1. The zero-order valence-corrected chi connectivity index (χ0v) is 13.4. The molecule has 0 bridgehead atoms. The summed E-state index contributed by atoms with van der Waals surface area (Å²) in [6.45, 7) is 1.75. The highest BCUT2D eigenvalue weighted by Gasteiger charge is 2.18. The van der Waals surface area contributed by atoms with Crippen molar-refractivity contribution in [3.63, 3.8) is 0 Å². The van der Waals surface area contributed by atoms with Gasteiger partial charge in [0.1, 0.15) is 10.7 Å². The molecular formula is C13H11BrN4O2S. The lowest BCUT2D eigenvalue weighted by Gasteiger charge is -2.10. The van der Waals surface area contributed by atoms with E-state index in [4.69, 9.17) is 11.0 Å². The van der Waals surface area contributed by atoms with Gasteiger partial charge in [0.15, 0.2) is 0 Å². The van der Waals surface area contributed by atoms with Crippen LogP contribution in [0.15, 0.2) is 39.7 Å². The molecule has 0 unspecified atom stereocenters. The standard InChI is InChI=1S/C13H11BrN4O2S/c1-8-10(14)3-5-13(17-8)18-21(19,20)12-4-2-9(7-15)6-11(12)16/h2-6H,16H2,1H3,(H,17,18). The van der Waals surface area contributed by atoms with Crippen molar-refractivity contribution in [2.75, 3.05) is 10.5 Å². The molecule has 0 aliphatic heterocycles. The number of aryl methyl sites for hydroxylation is 1. The fourth-order valence-corrected chi connectivity index (χ4v) is 2.99. The molecule has 0 radical (unpaired) electrons. The van der Waals surface area contributed by atoms with Gasteiger partial charge in [-0.25, -0.2) is 13.4 Å². The van der Waals surface area contributed by atoms with Crippen molar-refractivity contribution < 1.29 is 8.42 Å². The van der Waals surface area contributed by atoms with Crippen LogP contribution in [-0.2, 0) is 10.0 Å². The Hall–Kier alpha value is -2.11. The Morgan fingerprint density at radius 2 is 2.05 bits per heavy atom. The van der Waals surface area contributed by atoms with Gasteiger partial charge in [-0.15, -0.1) is 0 Å². The number of benzene rings is 1. The van der Waals surface area contributed by atoms with E-state index in [0.717, 1.165) is 4.47 Å². The van der Waals surface area contributed by atoms with Crippen molar-refractivity contribution in [2.45, 2.75) is 11.8 Å². The summed E-state index contributed by atoms with van der Waals surface area (Å²) in [5, 5.41) is 8.76. The number of nitrogens with one attached hydrogen (secondary N) is 1. The van der Waals surface area contributed by atoms with Gasteiger partial charge in [0.05, 0.1) is 23.0 Å². The molecule has 0 saturated heterocycles. The molecule has 1 aromatic heterocycles. The number of hydrogen-bond donors (Lipinski definition) is 2. The summed E-state index contributed by atoms with van der Waals surface area (Å²) in [5.41, 5.74) is 6.65. The number of rotatable bonds is 3. The summed E-state index contributed by atoms with van der Waals surface area (Å²) in [4.78, 5) is 4.02. The van der Waals surface area contributed by atoms with Crippen LogP contribution in [0.5, 0.6) is 0 Å². The van der Waals surface area contributed by atoms with Crippen LogP contribution in [0, 0.1) is 18.3 Å². The second-order valence-corrected chi connectivity index (χ2v) is 6.74. The zero-order valence-electron chi connectivity index (χ0n) is 11.0. The molecule has 3 N–H and O–H groups in total. The second-order valence-electron chi connectivity index (χ2n) is 4.23. The highest BCUT2D eigenvalue weighted by Crippen LogP contribution is 2.23. The van der Waals surface area contributed by atoms with Crippen LogP contribution >= 0.6 is 15.9 Å². The summed E-state index contributed by atoms with van der Waals surface area (Å²) in [7, 11) is -3.86. The van der Waals surface area contributed by atoms with E-state index in [1.165, 1.54) is 24.3 Å². The molecule has 0 atom stereocenters. The molecular weight excluding hydrogens is 356 g/mol. The van der Waals surface area contributed by atoms with E-state index in [-0.39, 0.29) is 16.4 Å². The predicted octanol–water partition coefficient (Wildman–Crippen LogP) is 2.41. The molecule has 2 rings (SSSR count). The Balaban J connectivity index is 2.38. The number of pyridine rings is 1. The topological polar surface area (TPSA) is 109 Å². The lowest BCUT2D eigenvalue weighted by molar-refractivity contribution is 0.601. The molecule has 0 aliphatic carbocycles. The fraction of sp³-hybridized carbons (Fsp3) is 0.0769. The third kappa shape index (κ3) is 3.32. The maximum atomic E-state index is 12.3. The van der Waals surface area contributed by atoms with Crippen LogP contribution < -0.4 is 10.5 Å². The normalized spacial score (nSPS) is 10.9. The molecule has 0 amide bonds. The molecule has 1 aromatic carbocycles. The van der Waals surface area contributed by atoms with E-state index in [9.17, 15) is 8.42 Å². The molecule has 0 fully saturated rings. The first-order valence-corrected chi connectivity index (χ1v) is 8.06. The monoisotopic (exact) mass is 366 g/mol. The maximum absolute atomic E-state index is 12.3. The second kappa shape index (κ2) is 5.71. The average molecular weight is 367 g/mol. The quantitative estimate of drug-likeness (QED) is 0.810. The number of nitrogens with zero attached hydrogens (tertiary/aromatic N) is 2. The summed E-state index contributed by atoms with van der Waals surface area (Å²) in [5.74, 6) is 0.194. The number of halogens is 1. The maximum Gasteiger partial charge on any atom is 0.265 e. The molecule has 21 heavy (non-hydrogen) atoms. The van der Waals surface area contributed by atoms with Gasteiger partial charge in [0.25, 0.3) is 10.0 Å². The minimum atomic E-state index is -3.86. The van der Waals surface area contributed by atoms with E-state index in [2.05, 4.69) is 25.6 Å². The average Bonchev–Trinajstić information content (AvgIpc) is 2.42. The van der Waals surface area contributed by atoms with E-state index in [1.807, 2.05) is 6.07 Å². The van der Waals surface area contributed by atoms with Gasteiger partial charge < -0.3 is 5.73 Å². The Bertz CT molecular complexity index is 844. The van der Waals surface area contributed by atoms with E-state index >= 15 is 0 Å². The number of aromatic nitrogens is 1. The minimum absolute atomic E-state index is 0.00961. The summed E-state index contributed by atoms with van der Waals surface area (Å²) < 4.78 is 27.7. The van der Waals surface area contributed by atoms with Crippen LogP contribution in [0.3, 0.4) is 0 Å². The third-order valence-corrected chi connectivity index (χ3v) is 4.96. The molecule has 8 heteroatoms. The summed E-state index contributed by atoms with van der Waals surface area (Å²) >= 11 is 3.29. The zero-order chi connectivity index (χ0) is 15.6. The number of nitriles is 1. The van der Waals surface area contributed by atoms with E-state index < -0.39 is 10.0 Å². The van der Waals surface area contributed by atoms with Gasteiger partial charge in [0.2, 0.25) is 0 Å². The van der Waals surface area contributed by atoms with Gasteiger partial charge in [-0.05, 0) is 53.2 Å². The van der Waals surface area contributed by atoms with E-state index in [0.29, 0.717) is 11.3 Å². The Kier molecular flexibility index (Phi) is 4.16. The minimum Gasteiger partial charge on any atom is -0.398 e. The fourth-order valence-electron chi connectivity index (χ4n) is 1.66. The summed E-state index contributed by atoms with van der Waals surface area (Å²) in [6, 6.07) is 9.13. The van der Waals surface area contributed by atoms with Crippen molar-refractivity contribution >= 4 is 37.5 Å². The van der Waals surface area contributed by atoms with Crippen molar-refractivity contribution in [3.05, 3.63) is 46.1 Å². The van der Waals surface area contributed by atoms with Crippen molar-refractivity contribution in [2.24, 2.45) is 0 Å². The van der Waals surface area contributed by atoms with Crippen LogP contribution in [0.4, 0.5) is 11.5 Å². The molecule has 0 saturated carbocycles. The molecule has 1 heterocycles. The number of nitrogens with two attached hydrogens (primary N) is 1. The first kappa shape index (κ1) is 15.3. The SMILES string of the molecule is Cc1nc(NS(=O)(=O)c2ccc(C#N)cc2N)ccc1Br. The van der Waals surface area contributed by atoms with Gasteiger partial charge in [-0.1, -0.05) is 0 Å². The first-order valence-electron chi connectivity index (χ1n) is 5.79. The van der Waals surface area contributed by atoms with Gasteiger partial charge in [-0.3, -0.25) is 4.72 Å². The number of sulfonamides is 1. The van der Waals surface area contributed by atoms with Crippen LogP contribution in [0.25, 0.3) is 0 Å². The summed E-state index contributed by atoms with van der Waals surface area (Å²) in [6.07, 6.45) is 0.